The summed E-state index contributed by atoms with van der Waals surface area (Å²) in [6, 6.07) is 6.24. The molecule has 1 aromatic carbocycles. The van der Waals surface area contributed by atoms with Crippen LogP contribution in [-0.4, -0.2) is 35.8 Å². The molecule has 0 atom stereocenters. The fraction of sp³-hybridized carbons (Fsp3) is 0.571. The van der Waals surface area contributed by atoms with Gasteiger partial charge in [-0.05, 0) is 31.9 Å². The Kier molecular flexibility index (Phi) is 11.6. The molecule has 1 aromatic heterocycles. The SMILES string of the molecule is CCCOc1cc(C)ccc1CN=C(NCC)NCCc1nc(C(C)C)no1.I. The van der Waals surface area contributed by atoms with E-state index in [4.69, 9.17) is 14.3 Å². The van der Waals surface area contributed by atoms with E-state index in [1.165, 1.54) is 5.56 Å². The quantitative estimate of drug-likeness (QED) is 0.280. The number of nitrogens with zero attached hydrogens (tertiary/aromatic N) is 3. The highest BCUT2D eigenvalue weighted by Gasteiger charge is 2.10. The summed E-state index contributed by atoms with van der Waals surface area (Å²) < 4.78 is 11.2. The average Bonchev–Trinajstić information content (AvgIpc) is 3.14. The van der Waals surface area contributed by atoms with E-state index in [9.17, 15) is 0 Å². The number of nitrogens with one attached hydrogen (secondary N) is 2. The summed E-state index contributed by atoms with van der Waals surface area (Å²) in [6.45, 7) is 13.0. The molecule has 0 amide bonds. The number of aromatic nitrogens is 2. The molecule has 0 bridgehead atoms. The number of hydrogen-bond acceptors (Lipinski definition) is 5. The number of ether oxygens (including phenoxy) is 1. The molecule has 2 rings (SSSR count). The third-order valence-electron chi connectivity index (χ3n) is 4.07. The van der Waals surface area contributed by atoms with Crippen LogP contribution in [0.5, 0.6) is 5.75 Å². The molecule has 0 aliphatic carbocycles. The molecular weight excluding hydrogens is 481 g/mol. The maximum absolute atomic E-state index is 5.88. The molecule has 8 heteroatoms. The van der Waals surface area contributed by atoms with E-state index in [1.54, 1.807) is 0 Å². The van der Waals surface area contributed by atoms with Gasteiger partial charge in [0.15, 0.2) is 11.8 Å². The molecule has 0 aliphatic rings. The van der Waals surface area contributed by atoms with Crippen molar-refractivity contribution in [1.29, 1.82) is 0 Å². The standard InChI is InChI=1S/C21H33N5O2.HI/c1-6-12-27-18-13-16(5)8-9-17(18)14-24-21(22-7-2)23-11-10-19-25-20(15(3)4)26-28-19;/h8-9,13,15H,6-7,10-12,14H2,1-5H3,(H2,22,23,24);1H. The molecule has 0 saturated carbocycles. The number of hydrogen-bond donors (Lipinski definition) is 2. The molecule has 2 N–H and O–H groups in total. The smallest absolute Gasteiger partial charge is 0.228 e. The fourth-order valence-corrected chi connectivity index (χ4v) is 2.54. The number of aryl methyl sites for hydroxylation is 1. The second-order valence-electron chi connectivity index (χ2n) is 7.03. The number of guanidine groups is 1. The highest BCUT2D eigenvalue weighted by molar-refractivity contribution is 14.0. The van der Waals surface area contributed by atoms with Crippen molar-refractivity contribution in [2.24, 2.45) is 4.99 Å². The van der Waals surface area contributed by atoms with Gasteiger partial charge in [-0.2, -0.15) is 4.98 Å². The highest BCUT2D eigenvalue weighted by atomic mass is 127. The third-order valence-corrected chi connectivity index (χ3v) is 4.07. The summed E-state index contributed by atoms with van der Waals surface area (Å²) in [5, 5.41) is 10.6. The molecule has 0 spiro atoms. The van der Waals surface area contributed by atoms with Crippen molar-refractivity contribution in [3.8, 4) is 5.75 Å². The van der Waals surface area contributed by atoms with Crippen molar-refractivity contribution < 1.29 is 9.26 Å². The fourth-order valence-electron chi connectivity index (χ4n) is 2.54. The van der Waals surface area contributed by atoms with Crippen LogP contribution >= 0.6 is 24.0 Å². The first-order chi connectivity index (χ1) is 13.5. The zero-order chi connectivity index (χ0) is 20.4. The topological polar surface area (TPSA) is 84.6 Å². The predicted octanol–water partition coefficient (Wildman–Crippen LogP) is 4.21. The Morgan fingerprint density at radius 3 is 2.69 bits per heavy atom. The van der Waals surface area contributed by atoms with Crippen molar-refractivity contribution in [2.45, 2.75) is 59.9 Å². The Balaban J connectivity index is 0.00000420. The zero-order valence-electron chi connectivity index (χ0n) is 18.1. The molecule has 0 unspecified atom stereocenters. The Labute approximate surface area is 191 Å². The lowest BCUT2D eigenvalue weighted by Crippen LogP contribution is -2.38. The summed E-state index contributed by atoms with van der Waals surface area (Å²) in [6.07, 6.45) is 1.63. The van der Waals surface area contributed by atoms with Crippen LogP contribution in [0.25, 0.3) is 0 Å². The molecule has 2 aromatic rings. The first-order valence-corrected chi connectivity index (χ1v) is 10.1. The monoisotopic (exact) mass is 515 g/mol. The van der Waals surface area contributed by atoms with Crippen LogP contribution in [0, 0.1) is 6.92 Å². The molecule has 29 heavy (non-hydrogen) atoms. The van der Waals surface area contributed by atoms with Gasteiger partial charge in [-0.1, -0.05) is 38.1 Å². The van der Waals surface area contributed by atoms with Crippen LogP contribution in [0.1, 0.15) is 62.9 Å². The summed E-state index contributed by atoms with van der Waals surface area (Å²) in [7, 11) is 0. The zero-order valence-corrected chi connectivity index (χ0v) is 20.4. The predicted molar refractivity (Wildman–Crippen MR) is 127 cm³/mol. The van der Waals surface area contributed by atoms with Gasteiger partial charge in [0.2, 0.25) is 5.89 Å². The second-order valence-corrected chi connectivity index (χ2v) is 7.03. The van der Waals surface area contributed by atoms with Crippen LogP contribution in [0.2, 0.25) is 0 Å². The largest absolute Gasteiger partial charge is 0.493 e. The van der Waals surface area contributed by atoms with Crippen LogP contribution in [0.3, 0.4) is 0 Å². The second kappa shape index (κ2) is 13.4. The lowest BCUT2D eigenvalue weighted by Gasteiger charge is -2.13. The van der Waals surface area contributed by atoms with E-state index < -0.39 is 0 Å². The minimum absolute atomic E-state index is 0. The van der Waals surface area contributed by atoms with Crippen molar-refractivity contribution in [3.05, 3.63) is 41.0 Å². The minimum Gasteiger partial charge on any atom is -0.493 e. The van der Waals surface area contributed by atoms with E-state index in [2.05, 4.69) is 52.8 Å². The van der Waals surface area contributed by atoms with E-state index in [1.807, 2.05) is 20.8 Å². The lowest BCUT2D eigenvalue weighted by molar-refractivity contribution is 0.314. The van der Waals surface area contributed by atoms with Crippen molar-refractivity contribution in [1.82, 2.24) is 20.8 Å². The Hall–Kier alpha value is -1.84. The Morgan fingerprint density at radius 2 is 2.03 bits per heavy atom. The van der Waals surface area contributed by atoms with Crippen molar-refractivity contribution in [3.63, 3.8) is 0 Å². The van der Waals surface area contributed by atoms with Gasteiger partial charge in [0.05, 0.1) is 13.2 Å². The van der Waals surface area contributed by atoms with Gasteiger partial charge in [-0.3, -0.25) is 0 Å². The van der Waals surface area contributed by atoms with E-state index >= 15 is 0 Å². The molecule has 7 nitrogen and oxygen atoms in total. The van der Waals surface area contributed by atoms with E-state index in [-0.39, 0.29) is 29.9 Å². The highest BCUT2D eigenvalue weighted by Crippen LogP contribution is 2.21. The molecule has 1 heterocycles. The Bertz CT molecular complexity index is 761. The molecule has 162 valence electrons. The maximum atomic E-state index is 5.88. The molecule has 0 saturated heterocycles. The summed E-state index contributed by atoms with van der Waals surface area (Å²) >= 11 is 0. The van der Waals surface area contributed by atoms with Crippen LogP contribution in [0.15, 0.2) is 27.7 Å². The maximum Gasteiger partial charge on any atom is 0.228 e. The number of rotatable bonds is 10. The molecule has 0 aliphatic heterocycles. The van der Waals surface area contributed by atoms with Gasteiger partial charge < -0.3 is 19.9 Å². The van der Waals surface area contributed by atoms with Gasteiger partial charge in [0.25, 0.3) is 0 Å². The van der Waals surface area contributed by atoms with Crippen molar-refractivity contribution in [2.75, 3.05) is 19.7 Å². The third kappa shape index (κ3) is 8.59. The molecular formula is C21H34IN5O2. The molecule has 0 fully saturated rings. The van der Waals surface area contributed by atoms with E-state index in [0.29, 0.717) is 32.0 Å². The van der Waals surface area contributed by atoms with Crippen LogP contribution < -0.4 is 15.4 Å². The lowest BCUT2D eigenvalue weighted by atomic mass is 10.1. The van der Waals surface area contributed by atoms with Gasteiger partial charge in [0.1, 0.15) is 5.75 Å². The Morgan fingerprint density at radius 1 is 1.24 bits per heavy atom. The number of aliphatic imine (C=N–C) groups is 1. The number of halogens is 1. The summed E-state index contributed by atoms with van der Waals surface area (Å²) in [4.78, 5) is 9.09. The van der Waals surface area contributed by atoms with Gasteiger partial charge in [-0.25, -0.2) is 4.99 Å². The first-order valence-electron chi connectivity index (χ1n) is 10.1. The molecule has 0 radical (unpaired) electrons. The average molecular weight is 515 g/mol. The minimum atomic E-state index is 0. The van der Waals surface area contributed by atoms with Gasteiger partial charge in [0, 0.05) is 31.0 Å². The van der Waals surface area contributed by atoms with Gasteiger partial charge >= 0.3 is 0 Å². The van der Waals surface area contributed by atoms with Crippen LogP contribution in [-0.2, 0) is 13.0 Å². The van der Waals surface area contributed by atoms with Crippen molar-refractivity contribution >= 4 is 29.9 Å². The van der Waals surface area contributed by atoms with Crippen LogP contribution in [0.4, 0.5) is 0 Å². The van der Waals surface area contributed by atoms with E-state index in [0.717, 1.165) is 36.1 Å². The first kappa shape index (κ1) is 25.2. The summed E-state index contributed by atoms with van der Waals surface area (Å²) in [5.74, 6) is 3.32. The normalized spacial score (nSPS) is 11.3. The summed E-state index contributed by atoms with van der Waals surface area (Å²) in [5.41, 5.74) is 2.26. The number of benzene rings is 1. The van der Waals surface area contributed by atoms with Gasteiger partial charge in [-0.15, -0.1) is 24.0 Å².